The van der Waals surface area contributed by atoms with Gasteiger partial charge in [-0.1, -0.05) is 6.07 Å². The van der Waals surface area contributed by atoms with E-state index >= 15 is 0 Å². The van der Waals surface area contributed by atoms with Gasteiger partial charge in [0, 0.05) is 17.8 Å². The molecule has 0 bridgehead atoms. The highest BCUT2D eigenvalue weighted by atomic mass is 19.1. The fourth-order valence-corrected chi connectivity index (χ4v) is 3.68. The summed E-state index contributed by atoms with van der Waals surface area (Å²) in [6.45, 7) is 0.284. The number of hydrogen-bond acceptors (Lipinski definition) is 4. The van der Waals surface area contributed by atoms with Crippen LogP contribution in [0, 0.1) is 5.82 Å². The van der Waals surface area contributed by atoms with Crippen molar-refractivity contribution in [1.82, 2.24) is 10.3 Å². The Bertz CT molecular complexity index is 1120. The molecule has 0 fully saturated rings. The number of primary amides is 1. The Morgan fingerprint density at radius 2 is 1.90 bits per heavy atom. The Morgan fingerprint density at radius 3 is 2.68 bits per heavy atom. The van der Waals surface area contributed by atoms with Crippen LogP contribution in [0.15, 0.2) is 60.8 Å². The lowest BCUT2D eigenvalue weighted by Crippen LogP contribution is -2.38. The molecule has 0 radical (unpaired) electrons. The summed E-state index contributed by atoms with van der Waals surface area (Å²) in [7, 11) is 0. The van der Waals surface area contributed by atoms with Crippen LogP contribution in [0.5, 0.6) is 5.75 Å². The van der Waals surface area contributed by atoms with Gasteiger partial charge in [0.05, 0.1) is 0 Å². The first-order valence-electron chi connectivity index (χ1n) is 10.0. The highest BCUT2D eigenvalue weighted by Crippen LogP contribution is 2.26. The number of amides is 2. The number of ether oxygens (including phenoxy) is 1. The minimum absolute atomic E-state index is 0.00127. The third kappa shape index (κ3) is 5.06. The summed E-state index contributed by atoms with van der Waals surface area (Å²) in [6, 6.07) is 14.9. The van der Waals surface area contributed by atoms with Gasteiger partial charge in [0.2, 0.25) is 0 Å². The lowest BCUT2D eigenvalue weighted by Gasteiger charge is -2.26. The largest absolute Gasteiger partial charge is 0.489 e. The summed E-state index contributed by atoms with van der Waals surface area (Å²) in [6.07, 6.45) is 3.92. The monoisotopic (exact) mass is 419 g/mol. The zero-order chi connectivity index (χ0) is 21.8. The summed E-state index contributed by atoms with van der Waals surface area (Å²) < 4.78 is 19.0. The molecule has 0 saturated heterocycles. The standard InChI is InChI=1S/C24H22FN3O3/c25-19-5-1-17(2-6-19)24(30)28-20-7-3-16-4-8-21(13-18(16)12-20)31-14-15-9-10-27-22(11-15)23(26)29/h1-2,4-6,8-11,13,20H,3,7,12,14H2,(H2,26,29)(H,28,30). The smallest absolute Gasteiger partial charge is 0.267 e. The van der Waals surface area contributed by atoms with E-state index in [2.05, 4.69) is 10.3 Å². The second-order valence-electron chi connectivity index (χ2n) is 7.55. The normalized spacial score (nSPS) is 15.1. The third-order valence-corrected chi connectivity index (χ3v) is 5.33. The first-order valence-corrected chi connectivity index (χ1v) is 10.0. The van der Waals surface area contributed by atoms with Gasteiger partial charge >= 0.3 is 0 Å². The number of nitrogens with one attached hydrogen (secondary N) is 1. The fourth-order valence-electron chi connectivity index (χ4n) is 3.68. The van der Waals surface area contributed by atoms with Crippen LogP contribution in [0.2, 0.25) is 0 Å². The zero-order valence-electron chi connectivity index (χ0n) is 16.8. The fraction of sp³-hybridized carbons (Fsp3) is 0.208. The van der Waals surface area contributed by atoms with Crippen LogP contribution in [0.1, 0.15) is 44.0 Å². The van der Waals surface area contributed by atoms with Crippen LogP contribution in [0.4, 0.5) is 4.39 Å². The number of carbonyl (C=O) groups is 2. The molecule has 2 aromatic carbocycles. The molecular formula is C24H22FN3O3. The van der Waals surface area contributed by atoms with Gasteiger partial charge in [-0.25, -0.2) is 4.39 Å². The Labute approximate surface area is 179 Å². The van der Waals surface area contributed by atoms with E-state index in [-0.39, 0.29) is 30.1 Å². The molecule has 6 nitrogen and oxygen atoms in total. The number of aryl methyl sites for hydroxylation is 1. The lowest BCUT2D eigenvalue weighted by molar-refractivity contribution is 0.0932. The number of rotatable bonds is 6. The molecule has 0 aliphatic heterocycles. The van der Waals surface area contributed by atoms with Gasteiger partial charge in [0.15, 0.2) is 0 Å². The first kappa shape index (κ1) is 20.5. The number of carbonyl (C=O) groups excluding carboxylic acids is 2. The number of halogens is 1. The van der Waals surface area contributed by atoms with Crippen molar-refractivity contribution in [2.75, 3.05) is 0 Å². The topological polar surface area (TPSA) is 94.3 Å². The quantitative estimate of drug-likeness (QED) is 0.642. The summed E-state index contributed by atoms with van der Waals surface area (Å²) in [5.74, 6) is -0.442. The van der Waals surface area contributed by atoms with E-state index in [0.29, 0.717) is 17.7 Å². The van der Waals surface area contributed by atoms with Gasteiger partial charge in [0.25, 0.3) is 11.8 Å². The van der Waals surface area contributed by atoms with Crippen molar-refractivity contribution >= 4 is 11.8 Å². The van der Waals surface area contributed by atoms with Crippen LogP contribution in [0.25, 0.3) is 0 Å². The van der Waals surface area contributed by atoms with Crippen LogP contribution in [-0.4, -0.2) is 22.8 Å². The van der Waals surface area contributed by atoms with E-state index < -0.39 is 5.91 Å². The molecule has 1 heterocycles. The number of aromatic nitrogens is 1. The van der Waals surface area contributed by atoms with Crippen molar-refractivity contribution in [3.8, 4) is 5.75 Å². The number of pyridine rings is 1. The maximum atomic E-state index is 13.1. The van der Waals surface area contributed by atoms with E-state index in [1.165, 1.54) is 36.0 Å². The number of nitrogens with zero attached hydrogens (tertiary/aromatic N) is 1. The molecule has 3 aromatic rings. The van der Waals surface area contributed by atoms with E-state index in [9.17, 15) is 14.0 Å². The van der Waals surface area contributed by atoms with Crippen molar-refractivity contribution in [2.24, 2.45) is 5.73 Å². The molecule has 1 aromatic heterocycles. The molecule has 1 unspecified atom stereocenters. The SMILES string of the molecule is NC(=O)c1cc(COc2ccc3c(c2)CC(NC(=O)c2ccc(F)cc2)CC3)ccn1. The summed E-state index contributed by atoms with van der Waals surface area (Å²) >= 11 is 0. The number of nitrogens with two attached hydrogens (primary N) is 1. The van der Waals surface area contributed by atoms with Crippen LogP contribution < -0.4 is 15.8 Å². The zero-order valence-corrected chi connectivity index (χ0v) is 16.8. The maximum Gasteiger partial charge on any atom is 0.267 e. The van der Waals surface area contributed by atoms with Gasteiger partial charge in [-0.15, -0.1) is 0 Å². The summed E-state index contributed by atoms with van der Waals surface area (Å²) in [5, 5.41) is 3.04. The second kappa shape index (κ2) is 8.95. The van der Waals surface area contributed by atoms with Gasteiger partial charge in [-0.3, -0.25) is 14.6 Å². The predicted octanol–water partition coefficient (Wildman–Crippen LogP) is 3.19. The van der Waals surface area contributed by atoms with Crippen molar-refractivity contribution < 1.29 is 18.7 Å². The van der Waals surface area contributed by atoms with E-state index in [0.717, 1.165) is 24.0 Å². The van der Waals surface area contributed by atoms with Crippen molar-refractivity contribution in [1.29, 1.82) is 0 Å². The average Bonchev–Trinajstić information content (AvgIpc) is 2.78. The molecule has 4 rings (SSSR count). The van der Waals surface area contributed by atoms with Crippen LogP contribution >= 0.6 is 0 Å². The minimum atomic E-state index is -0.579. The second-order valence-corrected chi connectivity index (χ2v) is 7.55. The van der Waals surface area contributed by atoms with Gasteiger partial charge in [0.1, 0.15) is 23.9 Å². The molecule has 1 aliphatic carbocycles. The van der Waals surface area contributed by atoms with Crippen LogP contribution in [-0.2, 0) is 19.4 Å². The van der Waals surface area contributed by atoms with E-state index in [4.69, 9.17) is 10.5 Å². The summed E-state index contributed by atoms with van der Waals surface area (Å²) in [4.78, 5) is 27.6. The van der Waals surface area contributed by atoms with Gasteiger partial charge in [-0.2, -0.15) is 0 Å². The molecule has 0 spiro atoms. The molecule has 7 heteroatoms. The molecule has 3 N–H and O–H groups in total. The molecule has 2 amide bonds. The minimum Gasteiger partial charge on any atom is -0.489 e. The molecular weight excluding hydrogens is 397 g/mol. The third-order valence-electron chi connectivity index (χ3n) is 5.33. The summed E-state index contributed by atoms with van der Waals surface area (Å²) in [5.41, 5.74) is 9.07. The van der Waals surface area contributed by atoms with E-state index in [1.807, 2.05) is 18.2 Å². The van der Waals surface area contributed by atoms with Gasteiger partial charge < -0.3 is 15.8 Å². The number of benzene rings is 2. The Kier molecular flexibility index (Phi) is 5.93. The van der Waals surface area contributed by atoms with Crippen molar-refractivity contribution in [2.45, 2.75) is 31.9 Å². The van der Waals surface area contributed by atoms with Gasteiger partial charge in [-0.05, 0) is 84.5 Å². The van der Waals surface area contributed by atoms with Crippen LogP contribution in [0.3, 0.4) is 0 Å². The van der Waals surface area contributed by atoms with Crippen molar-refractivity contribution in [3.05, 3.63) is 94.6 Å². The molecule has 1 atom stereocenters. The Hall–Kier alpha value is -3.74. The highest BCUT2D eigenvalue weighted by molar-refractivity contribution is 5.94. The highest BCUT2D eigenvalue weighted by Gasteiger charge is 2.21. The first-order chi connectivity index (χ1) is 15.0. The predicted molar refractivity (Wildman–Crippen MR) is 113 cm³/mol. The molecule has 1 aliphatic rings. The molecule has 158 valence electrons. The Balaban J connectivity index is 1.39. The van der Waals surface area contributed by atoms with E-state index in [1.54, 1.807) is 12.1 Å². The maximum absolute atomic E-state index is 13.1. The lowest BCUT2D eigenvalue weighted by atomic mass is 9.88. The average molecular weight is 419 g/mol. The molecule has 31 heavy (non-hydrogen) atoms. The van der Waals surface area contributed by atoms with Crippen molar-refractivity contribution in [3.63, 3.8) is 0 Å². The Morgan fingerprint density at radius 1 is 1.10 bits per heavy atom. The molecule has 0 saturated carbocycles. The number of hydrogen-bond donors (Lipinski definition) is 2. The number of fused-ring (bicyclic) bond motifs is 1.